The van der Waals surface area contributed by atoms with E-state index in [0.717, 1.165) is 24.0 Å². The van der Waals surface area contributed by atoms with Gasteiger partial charge in [0.05, 0.1) is 17.1 Å². The third kappa shape index (κ3) is 4.28. The monoisotopic (exact) mass is 311 g/mol. The van der Waals surface area contributed by atoms with E-state index in [2.05, 4.69) is 5.32 Å². The van der Waals surface area contributed by atoms with E-state index in [0.29, 0.717) is 24.5 Å². The Labute approximate surface area is 125 Å². The van der Waals surface area contributed by atoms with Crippen molar-refractivity contribution in [1.82, 2.24) is 5.32 Å². The number of ether oxygens (including phenoxy) is 1. The Morgan fingerprint density at radius 2 is 2.19 bits per heavy atom. The van der Waals surface area contributed by atoms with E-state index in [9.17, 15) is 13.2 Å². The Morgan fingerprint density at radius 1 is 1.38 bits per heavy atom. The van der Waals surface area contributed by atoms with Crippen LogP contribution < -0.4 is 5.32 Å². The van der Waals surface area contributed by atoms with Crippen LogP contribution in [0.5, 0.6) is 0 Å². The topological polar surface area (TPSA) is 72.5 Å². The molecule has 2 rings (SSSR count). The van der Waals surface area contributed by atoms with Crippen LogP contribution in [0.3, 0.4) is 0 Å². The van der Waals surface area contributed by atoms with Gasteiger partial charge in [0.15, 0.2) is 9.84 Å². The summed E-state index contributed by atoms with van der Waals surface area (Å²) < 4.78 is 28.8. The van der Waals surface area contributed by atoms with E-state index < -0.39 is 9.84 Å². The quantitative estimate of drug-likeness (QED) is 0.799. The minimum absolute atomic E-state index is 0.0512. The van der Waals surface area contributed by atoms with Crippen LogP contribution in [0.15, 0.2) is 23.1 Å². The molecule has 0 spiro atoms. The maximum absolute atomic E-state index is 11.9. The lowest BCUT2D eigenvalue weighted by Crippen LogP contribution is -2.27. The molecule has 0 fully saturated rings. The Kier molecular flexibility index (Phi) is 5.36. The first kappa shape index (κ1) is 16.0. The number of carbonyl (C=O) groups excluding carboxylic acids is 1. The van der Waals surface area contributed by atoms with Crippen LogP contribution in [0, 0.1) is 0 Å². The van der Waals surface area contributed by atoms with Crippen LogP contribution in [0.2, 0.25) is 0 Å². The second-order valence-electron chi connectivity index (χ2n) is 5.24. The molecule has 0 aliphatic carbocycles. The molecule has 6 heteroatoms. The number of hydrogen-bond donors (Lipinski definition) is 1. The molecule has 0 saturated heterocycles. The number of nitrogens with one attached hydrogen (secondary N) is 1. The van der Waals surface area contributed by atoms with E-state index in [1.807, 2.05) is 6.07 Å². The van der Waals surface area contributed by atoms with Gasteiger partial charge in [-0.1, -0.05) is 12.1 Å². The number of benzene rings is 1. The van der Waals surface area contributed by atoms with Gasteiger partial charge >= 0.3 is 0 Å². The fourth-order valence-electron chi connectivity index (χ4n) is 2.50. The van der Waals surface area contributed by atoms with E-state index in [1.165, 1.54) is 0 Å². The number of methoxy groups -OCH3 is 1. The van der Waals surface area contributed by atoms with Crippen molar-refractivity contribution >= 4 is 15.7 Å². The fourth-order valence-corrected chi connectivity index (χ4v) is 4.08. The molecule has 116 valence electrons. The molecular formula is C15H21NO4S. The van der Waals surface area contributed by atoms with Crippen molar-refractivity contribution in [2.24, 2.45) is 0 Å². The molecule has 0 aromatic heterocycles. The Hall–Kier alpha value is -1.40. The van der Waals surface area contributed by atoms with Gasteiger partial charge in [0, 0.05) is 20.3 Å². The molecule has 5 nitrogen and oxygen atoms in total. The van der Waals surface area contributed by atoms with Gasteiger partial charge in [-0.25, -0.2) is 8.42 Å². The van der Waals surface area contributed by atoms with E-state index in [-0.39, 0.29) is 18.1 Å². The Balaban J connectivity index is 1.98. The number of hydrogen-bond acceptors (Lipinski definition) is 4. The average molecular weight is 311 g/mol. The Morgan fingerprint density at radius 3 is 2.95 bits per heavy atom. The highest BCUT2D eigenvalue weighted by molar-refractivity contribution is 7.91. The van der Waals surface area contributed by atoms with Gasteiger partial charge in [-0.3, -0.25) is 4.79 Å². The molecule has 1 amide bonds. The summed E-state index contributed by atoms with van der Waals surface area (Å²) in [5.74, 6) is 0.170. The highest BCUT2D eigenvalue weighted by atomic mass is 32.2. The smallest absolute Gasteiger partial charge is 0.224 e. The zero-order chi connectivity index (χ0) is 15.3. The first-order chi connectivity index (χ1) is 10.0. The maximum Gasteiger partial charge on any atom is 0.224 e. The highest BCUT2D eigenvalue weighted by Gasteiger charge is 2.23. The summed E-state index contributed by atoms with van der Waals surface area (Å²) in [4.78, 5) is 12.2. The molecule has 1 N–H and O–H groups in total. The minimum Gasteiger partial charge on any atom is -0.385 e. The first-order valence-electron chi connectivity index (χ1n) is 7.13. The lowest BCUT2D eigenvalue weighted by molar-refractivity contribution is -0.120. The summed E-state index contributed by atoms with van der Waals surface area (Å²) in [6.45, 7) is 1.21. The molecule has 1 aromatic rings. The molecule has 0 bridgehead atoms. The summed E-state index contributed by atoms with van der Waals surface area (Å²) in [7, 11) is -1.49. The van der Waals surface area contributed by atoms with Crippen molar-refractivity contribution < 1.29 is 17.9 Å². The normalized spacial score (nSPS) is 16.2. The highest BCUT2D eigenvalue weighted by Crippen LogP contribution is 2.25. The SMILES string of the molecule is COCCCNC(=O)Cc1ccc2c(c1)CCCS2(=O)=O. The summed E-state index contributed by atoms with van der Waals surface area (Å²) in [5.41, 5.74) is 1.70. The predicted molar refractivity (Wildman–Crippen MR) is 80.0 cm³/mol. The third-order valence-corrected chi connectivity index (χ3v) is 5.43. The van der Waals surface area contributed by atoms with Crippen LogP contribution in [0.4, 0.5) is 0 Å². The van der Waals surface area contributed by atoms with Gasteiger partial charge in [0.25, 0.3) is 0 Å². The fraction of sp³-hybridized carbons (Fsp3) is 0.533. The summed E-state index contributed by atoms with van der Waals surface area (Å²) >= 11 is 0. The number of fused-ring (bicyclic) bond motifs is 1. The van der Waals surface area contributed by atoms with Crippen LogP contribution in [-0.4, -0.2) is 40.3 Å². The number of amides is 1. The van der Waals surface area contributed by atoms with E-state index in [1.54, 1.807) is 19.2 Å². The van der Waals surface area contributed by atoms with Crippen LogP contribution in [-0.2, 0) is 32.2 Å². The lowest BCUT2D eigenvalue weighted by atomic mass is 10.0. The van der Waals surface area contributed by atoms with Crippen molar-refractivity contribution in [2.75, 3.05) is 26.0 Å². The summed E-state index contributed by atoms with van der Waals surface area (Å²) in [6, 6.07) is 5.22. The molecule has 0 radical (unpaired) electrons. The zero-order valence-electron chi connectivity index (χ0n) is 12.2. The average Bonchev–Trinajstić information content (AvgIpc) is 2.43. The number of carbonyl (C=O) groups is 1. The van der Waals surface area contributed by atoms with Gasteiger partial charge in [0.2, 0.25) is 5.91 Å². The number of aryl methyl sites for hydroxylation is 1. The maximum atomic E-state index is 11.9. The van der Waals surface area contributed by atoms with Crippen LogP contribution in [0.1, 0.15) is 24.0 Å². The second kappa shape index (κ2) is 7.04. The van der Waals surface area contributed by atoms with Crippen molar-refractivity contribution in [2.45, 2.75) is 30.6 Å². The lowest BCUT2D eigenvalue weighted by Gasteiger charge is -2.17. The number of sulfone groups is 1. The Bertz CT molecular complexity index is 610. The molecule has 1 aromatic carbocycles. The second-order valence-corrected chi connectivity index (χ2v) is 7.32. The van der Waals surface area contributed by atoms with E-state index >= 15 is 0 Å². The van der Waals surface area contributed by atoms with Crippen LogP contribution in [0.25, 0.3) is 0 Å². The molecular weight excluding hydrogens is 290 g/mol. The molecule has 0 atom stereocenters. The molecule has 1 aliphatic rings. The van der Waals surface area contributed by atoms with Crippen molar-refractivity contribution in [3.05, 3.63) is 29.3 Å². The summed E-state index contributed by atoms with van der Waals surface area (Å²) in [6.07, 6.45) is 2.48. The predicted octanol–water partition coefficient (Wildman–Crippen LogP) is 1.10. The van der Waals surface area contributed by atoms with Gasteiger partial charge < -0.3 is 10.1 Å². The van der Waals surface area contributed by atoms with Gasteiger partial charge in [-0.05, 0) is 36.5 Å². The van der Waals surface area contributed by atoms with Crippen molar-refractivity contribution in [1.29, 1.82) is 0 Å². The standard InChI is InChI=1S/C15H21NO4S/c1-20-8-3-7-16-15(17)11-12-5-6-14-13(10-12)4-2-9-21(14,18)19/h5-6,10H,2-4,7-9,11H2,1H3,(H,16,17). The summed E-state index contributed by atoms with van der Waals surface area (Å²) in [5, 5.41) is 2.83. The minimum atomic E-state index is -3.12. The molecule has 0 unspecified atom stereocenters. The van der Waals surface area contributed by atoms with Gasteiger partial charge in [0.1, 0.15) is 0 Å². The number of rotatable bonds is 6. The van der Waals surface area contributed by atoms with Gasteiger partial charge in [-0.15, -0.1) is 0 Å². The largest absolute Gasteiger partial charge is 0.385 e. The first-order valence-corrected chi connectivity index (χ1v) is 8.78. The van der Waals surface area contributed by atoms with E-state index in [4.69, 9.17) is 4.74 Å². The molecule has 1 heterocycles. The molecule has 1 aliphatic heterocycles. The van der Waals surface area contributed by atoms with Crippen molar-refractivity contribution in [3.63, 3.8) is 0 Å². The molecule has 0 saturated carbocycles. The van der Waals surface area contributed by atoms with Crippen molar-refractivity contribution in [3.8, 4) is 0 Å². The molecule has 21 heavy (non-hydrogen) atoms. The van der Waals surface area contributed by atoms with Gasteiger partial charge in [-0.2, -0.15) is 0 Å². The van der Waals surface area contributed by atoms with Crippen LogP contribution >= 0.6 is 0 Å². The third-order valence-electron chi connectivity index (χ3n) is 3.53. The zero-order valence-corrected chi connectivity index (χ0v) is 13.0.